The summed E-state index contributed by atoms with van der Waals surface area (Å²) in [6.07, 6.45) is 65.7. The van der Waals surface area contributed by atoms with Gasteiger partial charge in [-0.25, -0.2) is 0 Å². The minimum atomic E-state index is -1.98. The molecule has 0 bridgehead atoms. The summed E-state index contributed by atoms with van der Waals surface area (Å²) in [6.45, 7) is 1.77. The van der Waals surface area contributed by atoms with Gasteiger partial charge in [0.1, 0.15) is 73.2 Å². The molecule has 1 amide bonds. The summed E-state index contributed by atoms with van der Waals surface area (Å²) in [7, 11) is 0. The standard InChI is InChI=1S/C91H169NO18/c1-3-5-7-9-11-13-15-17-19-21-23-25-27-29-31-33-34-35-36-37-38-39-40-41-43-45-47-49-51-53-55-57-59-61-63-65-67-69-79(97)92-74(75(96)68-66-64-62-60-58-56-54-52-50-48-46-44-42-32-30-28-26-24-22-20-18-16-14-12-10-8-6-4-2)73-105-89-85(103)82(100)87(77(71-94)107-89)110-91-86(104)83(101)88(78(72-95)108-91)109-90-84(102)81(99)80(98)76(70-93)106-90/h21,23,50,52,58,60,66,68,74-78,80-91,93-96,98-104H,3-20,22,24-49,51,53-57,59,61-65,67,69-73H2,1-2H3,(H,92,97)/b23-21-,52-50+,60-58+,68-66+. The summed E-state index contributed by atoms with van der Waals surface area (Å²) < 4.78 is 34.5. The lowest BCUT2D eigenvalue weighted by Gasteiger charge is -2.48. The molecule has 0 radical (unpaired) electrons. The van der Waals surface area contributed by atoms with E-state index < -0.39 is 124 Å². The fourth-order valence-electron chi connectivity index (χ4n) is 15.5. The van der Waals surface area contributed by atoms with Crippen LogP contribution >= 0.6 is 0 Å². The number of amides is 1. The van der Waals surface area contributed by atoms with Crippen LogP contribution < -0.4 is 5.32 Å². The molecule has 12 N–H and O–H groups in total. The highest BCUT2D eigenvalue weighted by Gasteiger charge is 2.54. The quantitative estimate of drug-likeness (QED) is 0.0199. The zero-order valence-corrected chi connectivity index (χ0v) is 69.8. The van der Waals surface area contributed by atoms with Crippen molar-refractivity contribution in [1.29, 1.82) is 0 Å². The molecule has 3 rings (SSSR count). The lowest BCUT2D eigenvalue weighted by atomic mass is 9.96. The van der Waals surface area contributed by atoms with E-state index in [1.54, 1.807) is 6.08 Å². The smallest absolute Gasteiger partial charge is 0.220 e. The Morgan fingerprint density at radius 1 is 0.318 bits per heavy atom. The summed E-state index contributed by atoms with van der Waals surface area (Å²) in [5.74, 6) is -0.282. The maximum atomic E-state index is 13.5. The number of nitrogens with one attached hydrogen (secondary N) is 1. The van der Waals surface area contributed by atoms with Gasteiger partial charge >= 0.3 is 0 Å². The van der Waals surface area contributed by atoms with E-state index in [2.05, 4.69) is 55.6 Å². The highest BCUT2D eigenvalue weighted by Crippen LogP contribution is 2.34. The molecule has 3 saturated heterocycles. The van der Waals surface area contributed by atoms with Gasteiger partial charge in [-0.2, -0.15) is 0 Å². The lowest BCUT2D eigenvalue weighted by Crippen LogP contribution is -2.66. The van der Waals surface area contributed by atoms with Crippen molar-refractivity contribution in [3.05, 3.63) is 48.6 Å². The van der Waals surface area contributed by atoms with Crippen LogP contribution in [0.2, 0.25) is 0 Å². The van der Waals surface area contributed by atoms with Crippen molar-refractivity contribution in [1.82, 2.24) is 5.32 Å². The third-order valence-corrected chi connectivity index (χ3v) is 22.8. The largest absolute Gasteiger partial charge is 0.394 e. The Morgan fingerprint density at radius 3 is 0.909 bits per heavy atom. The Bertz CT molecular complexity index is 2170. The van der Waals surface area contributed by atoms with Crippen molar-refractivity contribution in [3.8, 4) is 0 Å². The molecule has 0 saturated carbocycles. The molecule has 3 heterocycles. The first-order valence-electron chi connectivity index (χ1n) is 45.9. The molecule has 646 valence electrons. The van der Waals surface area contributed by atoms with E-state index in [4.69, 9.17) is 28.4 Å². The van der Waals surface area contributed by atoms with Crippen molar-refractivity contribution in [2.45, 2.75) is 497 Å². The Balaban J connectivity index is 1.32. The zero-order valence-electron chi connectivity index (χ0n) is 69.8. The topological polar surface area (TPSA) is 307 Å². The second-order valence-corrected chi connectivity index (χ2v) is 32.7. The molecule has 0 spiro atoms. The highest BCUT2D eigenvalue weighted by atomic mass is 16.8. The summed E-state index contributed by atoms with van der Waals surface area (Å²) in [5, 5.41) is 121. The molecule has 0 aromatic rings. The van der Waals surface area contributed by atoms with Crippen molar-refractivity contribution >= 4 is 5.91 Å². The average Bonchev–Trinajstić information content (AvgIpc) is 0.784. The highest BCUT2D eigenvalue weighted by molar-refractivity contribution is 5.76. The van der Waals surface area contributed by atoms with Gasteiger partial charge in [0.2, 0.25) is 5.91 Å². The minimum Gasteiger partial charge on any atom is -0.394 e. The third kappa shape index (κ3) is 49.1. The number of ether oxygens (including phenoxy) is 6. The first kappa shape index (κ1) is 102. The van der Waals surface area contributed by atoms with E-state index in [1.807, 2.05) is 6.08 Å². The number of aliphatic hydroxyl groups excluding tert-OH is 11. The number of hydrogen-bond donors (Lipinski definition) is 12. The van der Waals surface area contributed by atoms with Gasteiger partial charge in [-0.1, -0.05) is 364 Å². The van der Waals surface area contributed by atoms with Crippen molar-refractivity contribution in [2.75, 3.05) is 26.4 Å². The first-order chi connectivity index (χ1) is 53.8. The van der Waals surface area contributed by atoms with E-state index >= 15 is 0 Å². The van der Waals surface area contributed by atoms with E-state index in [1.165, 1.54) is 315 Å². The van der Waals surface area contributed by atoms with Crippen LogP contribution in [0.25, 0.3) is 0 Å². The number of carbonyl (C=O) groups excluding carboxylic acids is 1. The lowest BCUT2D eigenvalue weighted by molar-refractivity contribution is -0.379. The Labute approximate surface area is 669 Å². The first-order valence-corrected chi connectivity index (χ1v) is 45.9. The van der Waals surface area contributed by atoms with Crippen LogP contribution in [0.5, 0.6) is 0 Å². The van der Waals surface area contributed by atoms with Gasteiger partial charge in [-0.15, -0.1) is 0 Å². The van der Waals surface area contributed by atoms with Gasteiger partial charge in [0.25, 0.3) is 0 Å². The predicted octanol–water partition coefficient (Wildman–Crippen LogP) is 17.6. The average molecular weight is 1570 g/mol. The summed E-state index contributed by atoms with van der Waals surface area (Å²) in [6, 6.07) is -0.998. The molecular formula is C91H169NO18. The molecule has 3 fully saturated rings. The van der Waals surface area contributed by atoms with Crippen LogP contribution in [-0.2, 0) is 33.2 Å². The number of hydrogen-bond acceptors (Lipinski definition) is 18. The number of allylic oxidation sites excluding steroid dienone is 7. The van der Waals surface area contributed by atoms with Crippen LogP contribution in [0.15, 0.2) is 48.6 Å². The number of rotatable bonds is 75. The summed E-state index contributed by atoms with van der Waals surface area (Å²) in [5.41, 5.74) is 0. The van der Waals surface area contributed by atoms with E-state index in [-0.39, 0.29) is 18.9 Å². The van der Waals surface area contributed by atoms with Gasteiger partial charge in [0.05, 0.1) is 38.6 Å². The monoisotopic (exact) mass is 1560 g/mol. The Hall–Kier alpha value is -2.25. The number of aliphatic hydroxyl groups is 11. The Kier molecular flexibility index (Phi) is 65.7. The molecule has 0 aromatic heterocycles. The fraction of sp³-hybridized carbons (Fsp3) is 0.901. The van der Waals surface area contributed by atoms with E-state index in [0.717, 1.165) is 44.9 Å². The van der Waals surface area contributed by atoms with Gasteiger partial charge in [-0.05, 0) is 70.6 Å². The second-order valence-electron chi connectivity index (χ2n) is 32.7. The van der Waals surface area contributed by atoms with Crippen LogP contribution in [-0.4, -0.2) is 193 Å². The van der Waals surface area contributed by atoms with E-state index in [9.17, 15) is 61.0 Å². The zero-order chi connectivity index (χ0) is 79.5. The van der Waals surface area contributed by atoms with E-state index in [0.29, 0.717) is 12.8 Å². The third-order valence-electron chi connectivity index (χ3n) is 22.8. The molecular weight excluding hydrogens is 1390 g/mol. The summed E-state index contributed by atoms with van der Waals surface area (Å²) >= 11 is 0. The van der Waals surface area contributed by atoms with Crippen LogP contribution in [0.4, 0.5) is 0 Å². The molecule has 3 aliphatic heterocycles. The Morgan fingerprint density at radius 2 is 0.582 bits per heavy atom. The number of unbranched alkanes of at least 4 members (excludes halogenated alkanes) is 53. The number of carbonyl (C=O) groups is 1. The normalized spacial score (nSPS) is 25.3. The van der Waals surface area contributed by atoms with Gasteiger partial charge in [-0.3, -0.25) is 4.79 Å². The second kappa shape index (κ2) is 70.9. The maximum Gasteiger partial charge on any atom is 0.220 e. The van der Waals surface area contributed by atoms with Gasteiger partial charge < -0.3 is 89.9 Å². The van der Waals surface area contributed by atoms with Gasteiger partial charge in [0.15, 0.2) is 18.9 Å². The molecule has 19 nitrogen and oxygen atoms in total. The molecule has 0 aromatic carbocycles. The van der Waals surface area contributed by atoms with Crippen molar-refractivity contribution in [2.24, 2.45) is 0 Å². The molecule has 110 heavy (non-hydrogen) atoms. The van der Waals surface area contributed by atoms with Gasteiger partial charge in [0, 0.05) is 6.42 Å². The predicted molar refractivity (Wildman–Crippen MR) is 443 cm³/mol. The van der Waals surface area contributed by atoms with Crippen molar-refractivity contribution in [3.63, 3.8) is 0 Å². The minimum absolute atomic E-state index is 0.235. The van der Waals surface area contributed by atoms with Crippen LogP contribution in [0, 0.1) is 0 Å². The molecule has 17 atom stereocenters. The summed E-state index contributed by atoms with van der Waals surface area (Å²) in [4.78, 5) is 13.5. The van der Waals surface area contributed by atoms with Crippen LogP contribution in [0.3, 0.4) is 0 Å². The maximum absolute atomic E-state index is 13.5. The molecule has 19 heteroatoms. The van der Waals surface area contributed by atoms with Crippen molar-refractivity contribution < 1.29 is 89.4 Å². The molecule has 3 aliphatic rings. The molecule has 17 unspecified atom stereocenters. The fourth-order valence-corrected chi connectivity index (χ4v) is 15.5. The molecule has 0 aliphatic carbocycles. The van der Waals surface area contributed by atoms with Crippen LogP contribution in [0.1, 0.15) is 393 Å². The SMILES string of the molecule is CCCCCCCCCC/C=C\CCCCCCCCCCCCCCCCCCCCCCCCCCCC(=O)NC(COC1OC(CO)C(OC2OC(CO)C(OC3OC(CO)C(O)C(O)C3O)C(O)C2O)C(O)C1O)C(O)/C=C/CC/C=C/CC/C=C/CCCCCCCCCCCCCCCCCCCC.